The molecule has 1 aromatic rings. The zero-order valence-corrected chi connectivity index (χ0v) is 12.1. The standard InChI is InChI=1S/C16H22O3/c1-5-18-15(17)11-8-12-19-14-10-7-6-9-13(14)16(2,3)4/h6-11H,5,12H2,1-4H3/b11-8+. The molecule has 0 unspecified atom stereocenters. The Morgan fingerprint density at radius 3 is 2.58 bits per heavy atom. The van der Waals surface area contributed by atoms with Crippen molar-refractivity contribution in [2.24, 2.45) is 0 Å². The molecule has 0 aromatic heterocycles. The van der Waals surface area contributed by atoms with Crippen LogP contribution in [0.25, 0.3) is 0 Å². The lowest BCUT2D eigenvalue weighted by Gasteiger charge is -2.22. The van der Waals surface area contributed by atoms with Crippen LogP contribution < -0.4 is 4.74 Å². The summed E-state index contributed by atoms with van der Waals surface area (Å²) in [6, 6.07) is 7.95. The molecule has 0 atom stereocenters. The van der Waals surface area contributed by atoms with E-state index in [-0.39, 0.29) is 11.4 Å². The quantitative estimate of drug-likeness (QED) is 0.602. The molecule has 1 aromatic carbocycles. The van der Waals surface area contributed by atoms with Gasteiger partial charge in [-0.2, -0.15) is 0 Å². The molecule has 0 saturated heterocycles. The Morgan fingerprint density at radius 1 is 1.26 bits per heavy atom. The lowest BCUT2D eigenvalue weighted by molar-refractivity contribution is -0.137. The number of para-hydroxylation sites is 1. The summed E-state index contributed by atoms with van der Waals surface area (Å²) in [7, 11) is 0. The minimum absolute atomic E-state index is 0.0292. The smallest absolute Gasteiger partial charge is 0.330 e. The number of carbonyl (C=O) groups is 1. The number of benzene rings is 1. The van der Waals surface area contributed by atoms with Crippen LogP contribution in [0.5, 0.6) is 5.75 Å². The van der Waals surface area contributed by atoms with E-state index in [0.717, 1.165) is 11.3 Å². The molecular weight excluding hydrogens is 240 g/mol. The molecule has 0 radical (unpaired) electrons. The first-order valence-electron chi connectivity index (χ1n) is 6.50. The van der Waals surface area contributed by atoms with Crippen molar-refractivity contribution in [3.05, 3.63) is 42.0 Å². The van der Waals surface area contributed by atoms with Crippen molar-refractivity contribution in [1.82, 2.24) is 0 Å². The fourth-order valence-corrected chi connectivity index (χ4v) is 1.68. The number of rotatable bonds is 5. The van der Waals surface area contributed by atoms with Gasteiger partial charge in [-0.05, 0) is 30.0 Å². The molecule has 0 saturated carbocycles. The molecule has 0 aliphatic rings. The molecule has 1 rings (SSSR count). The fraction of sp³-hybridized carbons (Fsp3) is 0.438. The lowest BCUT2D eigenvalue weighted by atomic mass is 9.86. The summed E-state index contributed by atoms with van der Waals surface area (Å²) in [6.07, 6.45) is 3.06. The van der Waals surface area contributed by atoms with E-state index in [1.807, 2.05) is 18.2 Å². The zero-order chi connectivity index (χ0) is 14.3. The second-order valence-corrected chi connectivity index (χ2v) is 5.21. The third-order valence-corrected chi connectivity index (χ3v) is 2.57. The Hall–Kier alpha value is -1.77. The summed E-state index contributed by atoms with van der Waals surface area (Å²) < 4.78 is 10.5. The molecule has 0 amide bonds. The highest BCUT2D eigenvalue weighted by molar-refractivity contribution is 5.81. The summed E-state index contributed by atoms with van der Waals surface area (Å²) in [5.41, 5.74) is 1.18. The van der Waals surface area contributed by atoms with Crippen LogP contribution in [0.1, 0.15) is 33.3 Å². The predicted molar refractivity (Wildman–Crippen MR) is 76.4 cm³/mol. The number of hydrogen-bond acceptors (Lipinski definition) is 3. The van der Waals surface area contributed by atoms with Gasteiger partial charge < -0.3 is 9.47 Å². The molecule has 0 N–H and O–H groups in total. The Morgan fingerprint density at radius 2 is 1.95 bits per heavy atom. The average Bonchev–Trinajstić information content (AvgIpc) is 2.34. The van der Waals surface area contributed by atoms with Gasteiger partial charge >= 0.3 is 5.97 Å². The topological polar surface area (TPSA) is 35.5 Å². The summed E-state index contributed by atoms with van der Waals surface area (Å²) in [4.78, 5) is 11.1. The van der Waals surface area contributed by atoms with Gasteiger partial charge in [-0.15, -0.1) is 0 Å². The van der Waals surface area contributed by atoms with Crippen molar-refractivity contribution >= 4 is 5.97 Å². The molecular formula is C16H22O3. The van der Waals surface area contributed by atoms with E-state index in [1.54, 1.807) is 13.0 Å². The van der Waals surface area contributed by atoms with Gasteiger partial charge in [0.25, 0.3) is 0 Å². The van der Waals surface area contributed by atoms with Crippen LogP contribution in [-0.4, -0.2) is 19.2 Å². The van der Waals surface area contributed by atoms with Crippen molar-refractivity contribution in [3.63, 3.8) is 0 Å². The first kappa shape index (κ1) is 15.3. The van der Waals surface area contributed by atoms with Crippen LogP contribution >= 0.6 is 0 Å². The Balaban J connectivity index is 2.61. The van der Waals surface area contributed by atoms with Crippen LogP contribution in [0.15, 0.2) is 36.4 Å². The van der Waals surface area contributed by atoms with Gasteiger partial charge in [0.2, 0.25) is 0 Å². The van der Waals surface area contributed by atoms with Gasteiger partial charge in [0, 0.05) is 6.08 Å². The summed E-state index contributed by atoms with van der Waals surface area (Å²) in [6.45, 7) is 8.95. The summed E-state index contributed by atoms with van der Waals surface area (Å²) >= 11 is 0. The zero-order valence-electron chi connectivity index (χ0n) is 12.1. The molecule has 3 heteroatoms. The minimum atomic E-state index is -0.338. The van der Waals surface area contributed by atoms with Gasteiger partial charge in [0.15, 0.2) is 0 Å². The van der Waals surface area contributed by atoms with Gasteiger partial charge in [0.05, 0.1) is 6.61 Å². The average molecular weight is 262 g/mol. The SMILES string of the molecule is CCOC(=O)/C=C/COc1ccccc1C(C)(C)C. The van der Waals surface area contributed by atoms with Gasteiger partial charge in [-0.1, -0.05) is 39.0 Å². The molecule has 3 nitrogen and oxygen atoms in total. The van der Waals surface area contributed by atoms with E-state index in [2.05, 4.69) is 26.8 Å². The lowest BCUT2D eigenvalue weighted by Crippen LogP contribution is -2.13. The predicted octanol–water partition coefficient (Wildman–Crippen LogP) is 3.48. The summed E-state index contributed by atoms with van der Waals surface area (Å²) in [5, 5.41) is 0. The van der Waals surface area contributed by atoms with Crippen molar-refractivity contribution in [1.29, 1.82) is 0 Å². The molecule has 0 heterocycles. The van der Waals surface area contributed by atoms with Gasteiger partial charge in [-0.25, -0.2) is 4.79 Å². The van der Waals surface area contributed by atoms with E-state index in [4.69, 9.17) is 9.47 Å². The monoisotopic (exact) mass is 262 g/mol. The molecule has 104 valence electrons. The van der Waals surface area contributed by atoms with E-state index >= 15 is 0 Å². The molecule has 19 heavy (non-hydrogen) atoms. The normalized spacial score (nSPS) is 11.6. The highest BCUT2D eigenvalue weighted by Gasteiger charge is 2.17. The van der Waals surface area contributed by atoms with Crippen LogP contribution in [0.2, 0.25) is 0 Å². The van der Waals surface area contributed by atoms with Crippen molar-refractivity contribution in [2.45, 2.75) is 33.1 Å². The van der Waals surface area contributed by atoms with Gasteiger partial charge in [-0.3, -0.25) is 0 Å². The molecule has 0 aliphatic heterocycles. The van der Waals surface area contributed by atoms with Crippen molar-refractivity contribution < 1.29 is 14.3 Å². The Bertz CT molecular complexity index is 442. The van der Waals surface area contributed by atoms with Crippen LogP contribution in [0.3, 0.4) is 0 Å². The van der Waals surface area contributed by atoms with E-state index in [0.29, 0.717) is 13.2 Å². The molecule has 0 bridgehead atoms. The first-order chi connectivity index (χ1) is 8.95. The van der Waals surface area contributed by atoms with Crippen LogP contribution in [0, 0.1) is 0 Å². The maximum absolute atomic E-state index is 11.1. The number of carbonyl (C=O) groups excluding carboxylic acids is 1. The van der Waals surface area contributed by atoms with Crippen LogP contribution in [0.4, 0.5) is 0 Å². The van der Waals surface area contributed by atoms with Crippen molar-refractivity contribution in [2.75, 3.05) is 13.2 Å². The minimum Gasteiger partial charge on any atom is -0.489 e. The number of hydrogen-bond donors (Lipinski definition) is 0. The molecule has 0 fully saturated rings. The van der Waals surface area contributed by atoms with E-state index < -0.39 is 0 Å². The second kappa shape index (κ2) is 6.98. The fourth-order valence-electron chi connectivity index (χ4n) is 1.68. The second-order valence-electron chi connectivity index (χ2n) is 5.21. The maximum Gasteiger partial charge on any atom is 0.330 e. The Labute approximate surface area is 115 Å². The molecule has 0 aliphatic carbocycles. The van der Waals surface area contributed by atoms with E-state index in [9.17, 15) is 4.79 Å². The Kier molecular flexibility index (Phi) is 5.61. The third kappa shape index (κ3) is 5.16. The largest absolute Gasteiger partial charge is 0.489 e. The maximum atomic E-state index is 11.1. The van der Waals surface area contributed by atoms with E-state index in [1.165, 1.54) is 6.08 Å². The van der Waals surface area contributed by atoms with Crippen molar-refractivity contribution in [3.8, 4) is 5.75 Å². The highest BCUT2D eigenvalue weighted by Crippen LogP contribution is 2.30. The third-order valence-electron chi connectivity index (χ3n) is 2.57. The van der Waals surface area contributed by atoms with Crippen LogP contribution in [-0.2, 0) is 14.9 Å². The van der Waals surface area contributed by atoms with Gasteiger partial charge in [0.1, 0.15) is 12.4 Å². The number of ether oxygens (including phenoxy) is 2. The first-order valence-corrected chi connectivity index (χ1v) is 6.50. The summed E-state index contributed by atoms with van der Waals surface area (Å²) in [5.74, 6) is 0.513. The highest BCUT2D eigenvalue weighted by atomic mass is 16.5. The number of esters is 1. The molecule has 0 spiro atoms.